The van der Waals surface area contributed by atoms with Gasteiger partial charge in [0.15, 0.2) is 0 Å². The minimum Gasteiger partial charge on any atom is -0.477 e. The number of carbonyl (C=O) groups is 1. The molecule has 0 saturated carbocycles. The lowest BCUT2D eigenvalue weighted by molar-refractivity contribution is 0.0686. The smallest absolute Gasteiger partial charge is 0.352 e. The summed E-state index contributed by atoms with van der Waals surface area (Å²) < 4.78 is 27.7. The summed E-state index contributed by atoms with van der Waals surface area (Å²) in [5.74, 6) is -0.622. The van der Waals surface area contributed by atoms with E-state index < -0.39 is 16.0 Å². The van der Waals surface area contributed by atoms with Crippen molar-refractivity contribution in [2.24, 2.45) is 13.0 Å². The van der Waals surface area contributed by atoms with Crippen LogP contribution >= 0.6 is 0 Å². The third kappa shape index (κ3) is 4.36. The Kier molecular flexibility index (Phi) is 5.13. The zero-order valence-electron chi connectivity index (χ0n) is 11.4. The molecule has 0 saturated heterocycles. The lowest BCUT2D eigenvalue weighted by Crippen LogP contribution is -2.24. The van der Waals surface area contributed by atoms with Crippen molar-refractivity contribution in [2.45, 2.75) is 31.6 Å². The van der Waals surface area contributed by atoms with E-state index in [0.29, 0.717) is 12.5 Å². The Bertz CT molecular complexity index is 546. The van der Waals surface area contributed by atoms with E-state index in [9.17, 15) is 13.2 Å². The third-order valence-corrected chi connectivity index (χ3v) is 4.19. The van der Waals surface area contributed by atoms with E-state index in [0.717, 1.165) is 18.9 Å². The molecule has 0 aliphatic heterocycles. The van der Waals surface area contributed by atoms with Crippen LogP contribution in [0.2, 0.25) is 0 Å². The molecule has 0 radical (unpaired) electrons. The van der Waals surface area contributed by atoms with Gasteiger partial charge in [-0.25, -0.2) is 17.9 Å². The van der Waals surface area contributed by atoms with E-state index in [1.54, 1.807) is 0 Å². The summed E-state index contributed by atoms with van der Waals surface area (Å²) in [5.41, 5.74) is -0.0532. The van der Waals surface area contributed by atoms with Crippen LogP contribution in [0.15, 0.2) is 17.2 Å². The van der Waals surface area contributed by atoms with Crippen LogP contribution in [-0.4, -0.2) is 30.6 Å². The predicted octanol–water partition coefficient (Wildman–Crippen LogP) is 1.44. The van der Waals surface area contributed by atoms with Crippen molar-refractivity contribution in [1.82, 2.24) is 9.29 Å². The highest BCUT2D eigenvalue weighted by Gasteiger charge is 2.19. The summed E-state index contributed by atoms with van der Waals surface area (Å²) in [4.78, 5) is 10.8. The van der Waals surface area contributed by atoms with Gasteiger partial charge in [0.2, 0.25) is 10.0 Å². The average molecular weight is 288 g/mol. The van der Waals surface area contributed by atoms with E-state index in [2.05, 4.69) is 18.6 Å². The largest absolute Gasteiger partial charge is 0.477 e. The molecule has 1 aromatic heterocycles. The number of sulfonamides is 1. The number of carboxylic acid groups (broad SMARTS) is 1. The Balaban J connectivity index is 2.72. The van der Waals surface area contributed by atoms with E-state index in [1.165, 1.54) is 17.8 Å². The molecule has 1 heterocycles. The first kappa shape index (κ1) is 15.7. The van der Waals surface area contributed by atoms with Gasteiger partial charge in [-0.2, -0.15) is 0 Å². The van der Waals surface area contributed by atoms with E-state index >= 15 is 0 Å². The van der Waals surface area contributed by atoms with Gasteiger partial charge >= 0.3 is 5.97 Å². The minimum absolute atomic E-state index is 0.0167. The Morgan fingerprint density at radius 1 is 1.47 bits per heavy atom. The third-order valence-electron chi connectivity index (χ3n) is 2.76. The van der Waals surface area contributed by atoms with Crippen LogP contribution in [-0.2, 0) is 17.1 Å². The summed E-state index contributed by atoms with van der Waals surface area (Å²) >= 11 is 0. The molecule has 0 fully saturated rings. The maximum Gasteiger partial charge on any atom is 0.352 e. The van der Waals surface area contributed by atoms with Crippen LogP contribution in [0, 0.1) is 5.92 Å². The van der Waals surface area contributed by atoms with Crippen LogP contribution in [0.3, 0.4) is 0 Å². The molecule has 0 aliphatic rings. The topological polar surface area (TPSA) is 88.4 Å². The maximum absolute atomic E-state index is 11.9. The Morgan fingerprint density at radius 2 is 2.11 bits per heavy atom. The number of aromatic nitrogens is 1. The lowest BCUT2D eigenvalue weighted by Gasteiger charge is -2.06. The van der Waals surface area contributed by atoms with Crippen molar-refractivity contribution in [3.8, 4) is 0 Å². The average Bonchev–Trinajstić information content (AvgIpc) is 2.67. The summed E-state index contributed by atoms with van der Waals surface area (Å²) in [7, 11) is -2.13. The standard InChI is InChI=1S/C12H20N2O4S/c1-9(2)5-4-6-13-19(17,18)10-7-11(12(15)16)14(3)8-10/h7-9,13H,4-6H2,1-3H3,(H,15,16). The number of hydrogen-bond donors (Lipinski definition) is 2. The monoisotopic (exact) mass is 288 g/mol. The highest BCUT2D eigenvalue weighted by atomic mass is 32.2. The van der Waals surface area contributed by atoms with Crippen LogP contribution in [0.4, 0.5) is 0 Å². The molecule has 0 aromatic carbocycles. The molecule has 0 atom stereocenters. The number of rotatable bonds is 7. The van der Waals surface area contributed by atoms with Crippen molar-refractivity contribution in [1.29, 1.82) is 0 Å². The van der Waals surface area contributed by atoms with Gasteiger partial charge in [0.1, 0.15) is 10.6 Å². The number of carboxylic acids is 1. The summed E-state index contributed by atoms with van der Waals surface area (Å²) in [5, 5.41) is 8.88. The number of nitrogens with zero attached hydrogens (tertiary/aromatic N) is 1. The van der Waals surface area contributed by atoms with E-state index in [1.807, 2.05) is 0 Å². The predicted molar refractivity (Wildman–Crippen MR) is 71.6 cm³/mol. The first-order valence-corrected chi connectivity index (χ1v) is 7.61. The van der Waals surface area contributed by atoms with Crippen molar-refractivity contribution in [3.63, 3.8) is 0 Å². The molecule has 7 heteroatoms. The fourth-order valence-corrected chi connectivity index (χ4v) is 2.84. The molecule has 0 unspecified atom stereocenters. The lowest BCUT2D eigenvalue weighted by atomic mass is 10.1. The van der Waals surface area contributed by atoms with Crippen molar-refractivity contribution in [2.75, 3.05) is 6.54 Å². The molecule has 0 amide bonds. The summed E-state index contributed by atoms with van der Waals surface area (Å²) in [6, 6.07) is 1.16. The fourth-order valence-electron chi connectivity index (χ4n) is 1.69. The van der Waals surface area contributed by atoms with Gasteiger partial charge in [0.05, 0.1) is 0 Å². The molecule has 108 valence electrons. The SMILES string of the molecule is CC(C)CCCNS(=O)(=O)c1cc(C(=O)O)n(C)c1. The van der Waals surface area contributed by atoms with Crippen molar-refractivity contribution in [3.05, 3.63) is 18.0 Å². The molecule has 19 heavy (non-hydrogen) atoms. The first-order chi connectivity index (χ1) is 8.74. The second-order valence-electron chi connectivity index (χ2n) is 4.91. The Labute approximate surface area is 113 Å². The minimum atomic E-state index is -3.63. The number of hydrogen-bond acceptors (Lipinski definition) is 3. The zero-order chi connectivity index (χ0) is 14.6. The molecule has 0 bridgehead atoms. The fraction of sp³-hybridized carbons (Fsp3) is 0.583. The van der Waals surface area contributed by atoms with Gasteiger partial charge in [-0.3, -0.25) is 0 Å². The van der Waals surface area contributed by atoms with Gasteiger partial charge in [-0.1, -0.05) is 13.8 Å². The Hall–Kier alpha value is -1.34. The molecular formula is C12H20N2O4S. The van der Waals surface area contributed by atoms with Crippen LogP contribution in [0.1, 0.15) is 37.2 Å². The zero-order valence-corrected chi connectivity index (χ0v) is 12.2. The second kappa shape index (κ2) is 6.21. The number of nitrogens with one attached hydrogen (secondary N) is 1. The molecular weight excluding hydrogens is 268 g/mol. The summed E-state index contributed by atoms with van der Waals surface area (Å²) in [6.45, 7) is 4.51. The van der Waals surface area contributed by atoms with E-state index in [-0.39, 0.29) is 10.6 Å². The molecule has 2 N–H and O–H groups in total. The van der Waals surface area contributed by atoms with Crippen molar-refractivity contribution < 1.29 is 18.3 Å². The molecule has 0 aliphatic carbocycles. The van der Waals surface area contributed by atoms with Gasteiger partial charge < -0.3 is 9.67 Å². The van der Waals surface area contributed by atoms with Gasteiger partial charge in [0, 0.05) is 19.8 Å². The maximum atomic E-state index is 11.9. The van der Waals surface area contributed by atoms with E-state index in [4.69, 9.17) is 5.11 Å². The van der Waals surface area contributed by atoms with Gasteiger partial charge in [0.25, 0.3) is 0 Å². The molecule has 1 aromatic rings. The van der Waals surface area contributed by atoms with Gasteiger partial charge in [-0.05, 0) is 24.8 Å². The number of aromatic carboxylic acids is 1. The number of aryl methyl sites for hydroxylation is 1. The summed E-state index contributed by atoms with van der Waals surface area (Å²) in [6.07, 6.45) is 3.00. The molecule has 0 spiro atoms. The van der Waals surface area contributed by atoms with Crippen LogP contribution in [0.25, 0.3) is 0 Å². The Morgan fingerprint density at radius 3 is 2.58 bits per heavy atom. The molecule has 6 nitrogen and oxygen atoms in total. The normalized spacial score (nSPS) is 12.0. The highest BCUT2D eigenvalue weighted by Crippen LogP contribution is 2.13. The second-order valence-corrected chi connectivity index (χ2v) is 6.68. The van der Waals surface area contributed by atoms with Crippen LogP contribution < -0.4 is 4.72 Å². The molecule has 1 rings (SSSR count). The van der Waals surface area contributed by atoms with Crippen LogP contribution in [0.5, 0.6) is 0 Å². The first-order valence-electron chi connectivity index (χ1n) is 6.13. The van der Waals surface area contributed by atoms with Crippen molar-refractivity contribution >= 4 is 16.0 Å². The highest BCUT2D eigenvalue weighted by molar-refractivity contribution is 7.89. The van der Waals surface area contributed by atoms with Gasteiger partial charge in [-0.15, -0.1) is 0 Å². The quantitative estimate of drug-likeness (QED) is 0.743.